The predicted molar refractivity (Wildman–Crippen MR) is 90.5 cm³/mol. The smallest absolute Gasteiger partial charge is 0.246 e. The molecule has 0 aliphatic carbocycles. The second kappa shape index (κ2) is 7.59. The third-order valence-corrected chi connectivity index (χ3v) is 4.49. The van der Waals surface area contributed by atoms with E-state index in [1.807, 2.05) is 55.2 Å². The standard InChI is InChI=1S/C17H21NO2.C2H6/c1-17(13-20-17)15-9-11-18(12-10-15)16(19)8-7-14-5-3-2-4-6-14;1-2/h2-8,15H,9-13H2,1H3;1-2H3/b8-7+;/t17-;/m1./s1. The van der Waals surface area contributed by atoms with Crippen molar-refractivity contribution in [3.63, 3.8) is 0 Å². The topological polar surface area (TPSA) is 32.8 Å². The molecule has 1 amide bonds. The number of carbonyl (C=O) groups excluding carboxylic acids is 1. The van der Waals surface area contributed by atoms with Crippen molar-refractivity contribution in [2.45, 2.75) is 39.2 Å². The Kier molecular flexibility index (Phi) is 5.78. The molecule has 0 radical (unpaired) electrons. The Bertz CT molecular complexity index is 497. The van der Waals surface area contributed by atoms with Crippen molar-refractivity contribution in [3.05, 3.63) is 42.0 Å². The molecule has 0 N–H and O–H groups in total. The van der Waals surface area contributed by atoms with Crippen molar-refractivity contribution < 1.29 is 9.53 Å². The van der Waals surface area contributed by atoms with Gasteiger partial charge in [-0.1, -0.05) is 44.2 Å². The zero-order valence-corrected chi connectivity index (χ0v) is 13.9. The molecule has 0 saturated carbocycles. The summed E-state index contributed by atoms with van der Waals surface area (Å²) >= 11 is 0. The van der Waals surface area contributed by atoms with Gasteiger partial charge in [-0.15, -0.1) is 0 Å². The number of amides is 1. The van der Waals surface area contributed by atoms with Gasteiger partial charge in [0.05, 0.1) is 12.2 Å². The van der Waals surface area contributed by atoms with E-state index in [1.165, 1.54) is 0 Å². The summed E-state index contributed by atoms with van der Waals surface area (Å²) in [6.45, 7) is 8.77. The van der Waals surface area contributed by atoms with Gasteiger partial charge in [0.1, 0.15) is 0 Å². The lowest BCUT2D eigenvalue weighted by Crippen LogP contribution is -2.40. The normalized spacial score (nSPS) is 24.8. The molecule has 1 atom stereocenters. The molecular formula is C19H27NO2. The van der Waals surface area contributed by atoms with Crippen LogP contribution in [0.25, 0.3) is 6.08 Å². The zero-order chi connectivity index (χ0) is 16.0. The molecule has 1 aromatic carbocycles. The lowest BCUT2D eigenvalue weighted by atomic mass is 9.85. The summed E-state index contributed by atoms with van der Waals surface area (Å²) in [4.78, 5) is 14.1. The van der Waals surface area contributed by atoms with Gasteiger partial charge >= 0.3 is 0 Å². The van der Waals surface area contributed by atoms with Crippen LogP contribution in [-0.4, -0.2) is 36.1 Å². The van der Waals surface area contributed by atoms with Crippen LogP contribution in [0, 0.1) is 5.92 Å². The molecule has 120 valence electrons. The van der Waals surface area contributed by atoms with E-state index in [1.54, 1.807) is 6.08 Å². The van der Waals surface area contributed by atoms with Gasteiger partial charge < -0.3 is 9.64 Å². The van der Waals surface area contributed by atoms with Crippen LogP contribution in [0.15, 0.2) is 36.4 Å². The van der Waals surface area contributed by atoms with Gasteiger partial charge in [0.15, 0.2) is 0 Å². The maximum absolute atomic E-state index is 12.2. The van der Waals surface area contributed by atoms with Crippen LogP contribution in [0.4, 0.5) is 0 Å². The average molecular weight is 301 g/mol. The fourth-order valence-electron chi connectivity index (χ4n) is 2.90. The Morgan fingerprint density at radius 3 is 2.36 bits per heavy atom. The molecule has 0 unspecified atom stereocenters. The Morgan fingerprint density at radius 2 is 1.82 bits per heavy atom. The third kappa shape index (κ3) is 4.20. The highest BCUT2D eigenvalue weighted by Crippen LogP contribution is 2.40. The molecule has 3 heteroatoms. The van der Waals surface area contributed by atoms with Gasteiger partial charge in [0.25, 0.3) is 0 Å². The molecule has 0 bridgehead atoms. The van der Waals surface area contributed by atoms with Crippen molar-refractivity contribution >= 4 is 12.0 Å². The number of ether oxygens (including phenoxy) is 1. The van der Waals surface area contributed by atoms with Crippen LogP contribution >= 0.6 is 0 Å². The van der Waals surface area contributed by atoms with Crippen molar-refractivity contribution in [1.82, 2.24) is 4.90 Å². The number of epoxide rings is 1. The fourth-order valence-corrected chi connectivity index (χ4v) is 2.90. The number of nitrogens with zero attached hydrogens (tertiary/aromatic N) is 1. The Balaban J connectivity index is 0.000000847. The first-order valence-electron chi connectivity index (χ1n) is 8.33. The number of rotatable bonds is 3. The minimum atomic E-state index is 0.106. The molecule has 0 aromatic heterocycles. The molecule has 2 aliphatic heterocycles. The SMILES string of the molecule is CC.C[C@]1(C2CCN(C(=O)/C=C/c3ccccc3)CC2)CO1. The summed E-state index contributed by atoms with van der Waals surface area (Å²) < 4.78 is 5.52. The predicted octanol–water partition coefficient (Wildman–Crippen LogP) is 3.75. The van der Waals surface area contributed by atoms with Gasteiger partial charge in [-0.3, -0.25) is 4.79 Å². The molecule has 0 spiro atoms. The van der Waals surface area contributed by atoms with Crippen LogP contribution < -0.4 is 0 Å². The summed E-state index contributed by atoms with van der Waals surface area (Å²) in [5, 5.41) is 0. The number of carbonyl (C=O) groups is 1. The van der Waals surface area contributed by atoms with E-state index in [2.05, 4.69) is 6.92 Å². The van der Waals surface area contributed by atoms with E-state index in [0.717, 1.165) is 38.1 Å². The van der Waals surface area contributed by atoms with Crippen molar-refractivity contribution in [2.24, 2.45) is 5.92 Å². The molecule has 3 nitrogen and oxygen atoms in total. The van der Waals surface area contributed by atoms with Gasteiger partial charge in [-0.05, 0) is 37.3 Å². The van der Waals surface area contributed by atoms with E-state index in [0.29, 0.717) is 5.92 Å². The summed E-state index contributed by atoms with van der Waals surface area (Å²) in [5.74, 6) is 0.735. The quantitative estimate of drug-likeness (QED) is 0.629. The van der Waals surface area contributed by atoms with Crippen LogP contribution in [0.2, 0.25) is 0 Å². The molecule has 2 fully saturated rings. The van der Waals surface area contributed by atoms with E-state index in [-0.39, 0.29) is 11.5 Å². The van der Waals surface area contributed by atoms with Crippen molar-refractivity contribution in [2.75, 3.05) is 19.7 Å². The average Bonchev–Trinajstić information content (AvgIpc) is 3.34. The Labute approximate surface area is 134 Å². The monoisotopic (exact) mass is 301 g/mol. The lowest BCUT2D eigenvalue weighted by Gasteiger charge is -2.33. The van der Waals surface area contributed by atoms with Crippen LogP contribution in [0.5, 0.6) is 0 Å². The largest absolute Gasteiger partial charge is 0.370 e. The first-order valence-corrected chi connectivity index (χ1v) is 8.33. The Morgan fingerprint density at radius 1 is 1.23 bits per heavy atom. The number of benzene rings is 1. The van der Waals surface area contributed by atoms with Gasteiger partial charge in [0, 0.05) is 19.2 Å². The summed E-state index contributed by atoms with van der Waals surface area (Å²) in [6, 6.07) is 9.94. The Hall–Kier alpha value is -1.61. The first-order chi connectivity index (χ1) is 10.7. The van der Waals surface area contributed by atoms with Crippen LogP contribution in [0.1, 0.15) is 39.2 Å². The minimum Gasteiger partial charge on any atom is -0.370 e. The number of hydrogen-bond donors (Lipinski definition) is 0. The number of piperidine rings is 1. The van der Waals surface area contributed by atoms with Gasteiger partial charge in [-0.25, -0.2) is 0 Å². The summed E-state index contributed by atoms with van der Waals surface area (Å²) in [6.07, 6.45) is 5.69. The highest BCUT2D eigenvalue weighted by Gasteiger charge is 2.47. The van der Waals surface area contributed by atoms with Crippen LogP contribution in [-0.2, 0) is 9.53 Å². The fraction of sp³-hybridized carbons (Fsp3) is 0.526. The molecule has 1 aromatic rings. The lowest BCUT2D eigenvalue weighted by molar-refractivity contribution is -0.127. The molecule has 22 heavy (non-hydrogen) atoms. The van der Waals surface area contributed by atoms with Crippen molar-refractivity contribution in [3.8, 4) is 0 Å². The minimum absolute atomic E-state index is 0.106. The van der Waals surface area contributed by atoms with E-state index in [9.17, 15) is 4.79 Å². The molecule has 2 aliphatic rings. The van der Waals surface area contributed by atoms with Crippen LogP contribution in [0.3, 0.4) is 0 Å². The van der Waals surface area contributed by atoms with Gasteiger partial charge in [-0.2, -0.15) is 0 Å². The first kappa shape index (κ1) is 16.8. The summed E-state index contributed by atoms with van der Waals surface area (Å²) in [5.41, 5.74) is 1.17. The van der Waals surface area contributed by atoms with E-state index in [4.69, 9.17) is 4.74 Å². The van der Waals surface area contributed by atoms with E-state index >= 15 is 0 Å². The number of likely N-dealkylation sites (tertiary alicyclic amines) is 1. The molecule has 2 heterocycles. The summed E-state index contributed by atoms with van der Waals surface area (Å²) in [7, 11) is 0. The number of hydrogen-bond acceptors (Lipinski definition) is 2. The second-order valence-electron chi connectivity index (χ2n) is 5.94. The zero-order valence-electron chi connectivity index (χ0n) is 13.9. The molecule has 3 rings (SSSR count). The maximum atomic E-state index is 12.2. The highest BCUT2D eigenvalue weighted by atomic mass is 16.6. The highest BCUT2D eigenvalue weighted by molar-refractivity contribution is 5.91. The van der Waals surface area contributed by atoms with Gasteiger partial charge in [0.2, 0.25) is 5.91 Å². The molecule has 2 saturated heterocycles. The maximum Gasteiger partial charge on any atom is 0.246 e. The third-order valence-electron chi connectivity index (χ3n) is 4.49. The van der Waals surface area contributed by atoms with Crippen molar-refractivity contribution in [1.29, 1.82) is 0 Å². The van der Waals surface area contributed by atoms with E-state index < -0.39 is 0 Å². The second-order valence-corrected chi connectivity index (χ2v) is 5.94. The molecular weight excluding hydrogens is 274 g/mol.